The number of thioether (sulfide) groups is 1. The number of aliphatic hydroxyl groups is 1. The first kappa shape index (κ1) is 19.3. The van der Waals surface area contributed by atoms with E-state index < -0.39 is 6.29 Å². The van der Waals surface area contributed by atoms with Gasteiger partial charge in [-0.25, -0.2) is 0 Å². The van der Waals surface area contributed by atoms with Crippen LogP contribution in [0.3, 0.4) is 0 Å². The minimum Gasteiger partial charge on any atom is -0.494 e. The Hall–Kier alpha value is -2.49. The van der Waals surface area contributed by atoms with Gasteiger partial charge in [0.05, 0.1) is 26.2 Å². The Morgan fingerprint density at radius 1 is 1.15 bits per heavy atom. The van der Waals surface area contributed by atoms with Crippen LogP contribution in [0.15, 0.2) is 46.2 Å². The molecule has 0 aliphatic rings. The van der Waals surface area contributed by atoms with Crippen molar-refractivity contribution in [1.82, 2.24) is 14.8 Å². The second kappa shape index (κ2) is 8.94. The van der Waals surface area contributed by atoms with E-state index >= 15 is 0 Å². The van der Waals surface area contributed by atoms with E-state index in [0.29, 0.717) is 46.3 Å². The second-order valence-corrected chi connectivity index (χ2v) is 6.34. The zero-order valence-electron chi connectivity index (χ0n) is 15.3. The summed E-state index contributed by atoms with van der Waals surface area (Å²) in [6, 6.07) is 9.07. The van der Waals surface area contributed by atoms with Crippen LogP contribution >= 0.6 is 11.8 Å². The fourth-order valence-corrected chi connectivity index (χ4v) is 3.36. The van der Waals surface area contributed by atoms with Crippen LogP contribution in [0.2, 0.25) is 0 Å². The van der Waals surface area contributed by atoms with Crippen molar-refractivity contribution in [3.8, 4) is 28.8 Å². The molecule has 0 fully saturated rings. The van der Waals surface area contributed by atoms with Gasteiger partial charge in [0.15, 0.2) is 17.2 Å². The van der Waals surface area contributed by atoms with E-state index in [1.807, 2.05) is 25.1 Å². The molecule has 1 aromatic carbocycles. The number of aromatic nitrogens is 3. The molecule has 0 bridgehead atoms. The van der Waals surface area contributed by atoms with Crippen molar-refractivity contribution in [3.05, 3.63) is 36.6 Å². The molecule has 1 N–H and O–H groups in total. The van der Waals surface area contributed by atoms with Gasteiger partial charge in [-0.2, -0.15) is 0 Å². The molecule has 9 heteroatoms. The van der Waals surface area contributed by atoms with Gasteiger partial charge in [0.25, 0.3) is 0 Å². The zero-order chi connectivity index (χ0) is 19.2. The van der Waals surface area contributed by atoms with E-state index in [-0.39, 0.29) is 0 Å². The number of ether oxygens (including phenoxy) is 3. The van der Waals surface area contributed by atoms with E-state index in [4.69, 9.17) is 18.6 Å². The molecule has 3 aromatic rings. The highest BCUT2D eigenvalue weighted by Gasteiger charge is 2.24. The van der Waals surface area contributed by atoms with Crippen LogP contribution in [0.4, 0.5) is 0 Å². The molecule has 144 valence electrons. The smallest absolute Gasteiger partial charge is 0.205 e. The average molecular weight is 391 g/mol. The van der Waals surface area contributed by atoms with Crippen LogP contribution in [0.1, 0.15) is 6.92 Å². The van der Waals surface area contributed by atoms with Gasteiger partial charge in [0.2, 0.25) is 5.82 Å². The van der Waals surface area contributed by atoms with E-state index in [9.17, 15) is 5.11 Å². The molecule has 3 rings (SSSR count). The maximum atomic E-state index is 9.90. The number of methoxy groups -OCH3 is 2. The van der Waals surface area contributed by atoms with Gasteiger partial charge in [-0.1, -0.05) is 17.8 Å². The standard InChI is InChI=1S/C18H21N3O5S/c1-4-25-15(22)11-27-18-20-19-17(14-9-6-10-26-14)21(18)16-12(23-2)7-5-8-13(16)24-3/h5-10,15,22H,4,11H2,1-3H3. The summed E-state index contributed by atoms with van der Waals surface area (Å²) in [7, 11) is 3.17. The third-order valence-electron chi connectivity index (χ3n) is 3.71. The van der Waals surface area contributed by atoms with Gasteiger partial charge in [0.1, 0.15) is 17.2 Å². The summed E-state index contributed by atoms with van der Waals surface area (Å²) in [6.45, 7) is 2.25. The van der Waals surface area contributed by atoms with Gasteiger partial charge in [-0.3, -0.25) is 4.57 Å². The second-order valence-electron chi connectivity index (χ2n) is 5.35. The minimum atomic E-state index is -0.906. The summed E-state index contributed by atoms with van der Waals surface area (Å²) in [4.78, 5) is 0. The predicted octanol–water partition coefficient (Wildman–Crippen LogP) is 2.99. The fraction of sp³-hybridized carbons (Fsp3) is 0.333. The summed E-state index contributed by atoms with van der Waals surface area (Å²) >= 11 is 1.31. The minimum absolute atomic E-state index is 0.293. The zero-order valence-corrected chi connectivity index (χ0v) is 16.1. The molecule has 2 aromatic heterocycles. The summed E-state index contributed by atoms with van der Waals surface area (Å²) in [5, 5.41) is 19.0. The lowest BCUT2D eigenvalue weighted by Gasteiger charge is -2.17. The van der Waals surface area contributed by atoms with Crippen LogP contribution in [0, 0.1) is 0 Å². The Labute approximate surface area is 161 Å². The van der Waals surface area contributed by atoms with E-state index in [0.717, 1.165) is 0 Å². The first-order valence-corrected chi connectivity index (χ1v) is 9.31. The average Bonchev–Trinajstić information content (AvgIpc) is 3.35. The van der Waals surface area contributed by atoms with Gasteiger partial charge >= 0.3 is 0 Å². The van der Waals surface area contributed by atoms with Crippen LogP contribution in [-0.2, 0) is 4.74 Å². The number of rotatable bonds is 9. The number of furan rings is 1. The molecule has 0 saturated heterocycles. The molecule has 0 aliphatic carbocycles. The van der Waals surface area contributed by atoms with Crippen molar-refractivity contribution in [2.75, 3.05) is 26.6 Å². The number of benzene rings is 1. The first-order valence-electron chi connectivity index (χ1n) is 8.32. The molecule has 0 spiro atoms. The monoisotopic (exact) mass is 391 g/mol. The lowest BCUT2D eigenvalue weighted by Crippen LogP contribution is -2.15. The van der Waals surface area contributed by atoms with Crippen molar-refractivity contribution in [2.24, 2.45) is 0 Å². The predicted molar refractivity (Wildman–Crippen MR) is 101 cm³/mol. The van der Waals surface area contributed by atoms with Gasteiger partial charge in [0, 0.05) is 6.61 Å². The number of nitrogens with zero attached hydrogens (tertiary/aromatic N) is 3. The van der Waals surface area contributed by atoms with Crippen molar-refractivity contribution >= 4 is 11.8 Å². The van der Waals surface area contributed by atoms with Gasteiger partial charge in [-0.15, -0.1) is 10.2 Å². The third kappa shape index (κ3) is 4.10. The molecule has 0 aliphatic heterocycles. The normalized spacial score (nSPS) is 12.1. The molecule has 1 atom stereocenters. The van der Waals surface area contributed by atoms with Crippen molar-refractivity contribution in [3.63, 3.8) is 0 Å². The van der Waals surface area contributed by atoms with Crippen molar-refractivity contribution in [1.29, 1.82) is 0 Å². The van der Waals surface area contributed by atoms with Crippen LogP contribution in [-0.4, -0.2) is 52.7 Å². The Kier molecular flexibility index (Phi) is 6.38. The Morgan fingerprint density at radius 3 is 2.48 bits per heavy atom. The maximum absolute atomic E-state index is 9.90. The molecule has 0 saturated carbocycles. The first-order chi connectivity index (χ1) is 13.2. The maximum Gasteiger partial charge on any atom is 0.205 e. The Bertz CT molecular complexity index is 844. The molecule has 1 unspecified atom stereocenters. The van der Waals surface area contributed by atoms with E-state index in [2.05, 4.69) is 10.2 Å². The summed E-state index contributed by atoms with van der Waals surface area (Å²) in [6.07, 6.45) is 0.663. The lowest BCUT2D eigenvalue weighted by molar-refractivity contribution is -0.0765. The van der Waals surface area contributed by atoms with E-state index in [1.165, 1.54) is 11.8 Å². The third-order valence-corrected chi connectivity index (χ3v) is 4.69. The highest BCUT2D eigenvalue weighted by molar-refractivity contribution is 7.99. The molecule has 0 amide bonds. The van der Waals surface area contributed by atoms with Gasteiger partial charge < -0.3 is 23.7 Å². The summed E-state index contributed by atoms with van der Waals surface area (Å²) in [5.74, 6) is 2.52. The highest BCUT2D eigenvalue weighted by atomic mass is 32.2. The molecule has 0 radical (unpaired) electrons. The number of hydrogen-bond donors (Lipinski definition) is 1. The quantitative estimate of drug-likeness (QED) is 0.440. The van der Waals surface area contributed by atoms with Crippen molar-refractivity contribution < 1.29 is 23.7 Å². The molecular formula is C18H21N3O5S. The molecule has 27 heavy (non-hydrogen) atoms. The summed E-state index contributed by atoms with van der Waals surface area (Å²) < 4.78 is 23.6. The van der Waals surface area contributed by atoms with Crippen molar-refractivity contribution in [2.45, 2.75) is 18.4 Å². The Balaban J connectivity index is 2.11. The van der Waals surface area contributed by atoms with E-state index in [1.54, 1.807) is 37.2 Å². The lowest BCUT2D eigenvalue weighted by atomic mass is 10.2. The number of para-hydroxylation sites is 1. The summed E-state index contributed by atoms with van der Waals surface area (Å²) in [5.41, 5.74) is 0.646. The van der Waals surface area contributed by atoms with Crippen LogP contribution in [0.25, 0.3) is 17.3 Å². The largest absolute Gasteiger partial charge is 0.494 e. The van der Waals surface area contributed by atoms with Crippen LogP contribution in [0.5, 0.6) is 11.5 Å². The van der Waals surface area contributed by atoms with Crippen LogP contribution < -0.4 is 9.47 Å². The Morgan fingerprint density at radius 2 is 1.89 bits per heavy atom. The van der Waals surface area contributed by atoms with Gasteiger partial charge in [-0.05, 0) is 31.2 Å². The topological polar surface area (TPSA) is 91.8 Å². The number of aliphatic hydroxyl groups excluding tert-OH is 1. The molecule has 8 nitrogen and oxygen atoms in total. The SMILES string of the molecule is CCOC(O)CSc1nnc(-c2ccco2)n1-c1c(OC)cccc1OC. The molecular weight excluding hydrogens is 370 g/mol. The highest BCUT2D eigenvalue weighted by Crippen LogP contribution is 2.38. The number of hydrogen-bond acceptors (Lipinski definition) is 8. The fourth-order valence-electron chi connectivity index (χ4n) is 2.57. The molecule has 2 heterocycles.